The zero-order valence-corrected chi connectivity index (χ0v) is 16.1. The van der Waals surface area contributed by atoms with E-state index >= 15 is 0 Å². The van der Waals surface area contributed by atoms with Gasteiger partial charge in [0.25, 0.3) is 5.89 Å². The Balaban J connectivity index is 1.61. The average Bonchev–Trinajstić information content (AvgIpc) is 3.29. The van der Waals surface area contributed by atoms with Crippen molar-refractivity contribution in [1.29, 1.82) is 0 Å². The molecule has 3 aromatic rings. The molecule has 1 amide bonds. The molecule has 0 unspecified atom stereocenters. The highest BCUT2D eigenvalue weighted by Crippen LogP contribution is 2.23. The standard InChI is InChI=1S/C19H21FN4O2S/c1-3-8-24(11-17(25)21-14-7-6-13(2)15(20)10-14)12-18-22-23-19(26-18)16-5-4-9-27-16/h4-7,9-10H,3,8,11-12H2,1-2H3,(H,21,25). The van der Waals surface area contributed by atoms with Crippen molar-refractivity contribution < 1.29 is 13.6 Å². The van der Waals surface area contributed by atoms with Gasteiger partial charge in [-0.05, 0) is 49.0 Å². The fourth-order valence-electron chi connectivity index (χ4n) is 2.61. The van der Waals surface area contributed by atoms with Gasteiger partial charge in [-0.1, -0.05) is 19.1 Å². The number of benzene rings is 1. The van der Waals surface area contributed by atoms with E-state index in [2.05, 4.69) is 15.5 Å². The van der Waals surface area contributed by atoms with Crippen molar-refractivity contribution in [2.75, 3.05) is 18.4 Å². The highest BCUT2D eigenvalue weighted by molar-refractivity contribution is 7.13. The minimum Gasteiger partial charge on any atom is -0.419 e. The molecule has 0 aliphatic rings. The van der Waals surface area contributed by atoms with Gasteiger partial charge in [0.05, 0.1) is 18.0 Å². The van der Waals surface area contributed by atoms with Gasteiger partial charge in [-0.2, -0.15) is 0 Å². The lowest BCUT2D eigenvalue weighted by molar-refractivity contribution is -0.117. The summed E-state index contributed by atoms with van der Waals surface area (Å²) in [6.07, 6.45) is 0.873. The number of hydrogen-bond donors (Lipinski definition) is 1. The number of amides is 1. The third-order valence-electron chi connectivity index (χ3n) is 3.92. The number of anilines is 1. The summed E-state index contributed by atoms with van der Waals surface area (Å²) >= 11 is 1.53. The lowest BCUT2D eigenvalue weighted by Crippen LogP contribution is -2.33. The average molecular weight is 388 g/mol. The van der Waals surface area contributed by atoms with E-state index in [0.717, 1.165) is 11.3 Å². The predicted molar refractivity (Wildman–Crippen MR) is 103 cm³/mol. The quantitative estimate of drug-likeness (QED) is 0.629. The number of nitrogens with zero attached hydrogens (tertiary/aromatic N) is 3. The smallest absolute Gasteiger partial charge is 0.257 e. The van der Waals surface area contributed by atoms with E-state index in [1.807, 2.05) is 29.3 Å². The Hall–Kier alpha value is -2.58. The van der Waals surface area contributed by atoms with Crippen molar-refractivity contribution >= 4 is 22.9 Å². The van der Waals surface area contributed by atoms with Crippen molar-refractivity contribution in [2.45, 2.75) is 26.8 Å². The summed E-state index contributed by atoms with van der Waals surface area (Å²) in [5, 5.41) is 12.8. The van der Waals surface area contributed by atoms with Gasteiger partial charge < -0.3 is 9.73 Å². The molecule has 0 saturated carbocycles. The number of aryl methyl sites for hydroxylation is 1. The van der Waals surface area contributed by atoms with Gasteiger partial charge >= 0.3 is 0 Å². The van der Waals surface area contributed by atoms with E-state index in [-0.39, 0.29) is 18.3 Å². The molecule has 0 spiro atoms. The van der Waals surface area contributed by atoms with Gasteiger partial charge in [-0.15, -0.1) is 21.5 Å². The second-order valence-corrected chi connectivity index (χ2v) is 7.15. The molecule has 2 heterocycles. The number of thiophene rings is 1. The largest absolute Gasteiger partial charge is 0.419 e. The minimum absolute atomic E-state index is 0.153. The first kappa shape index (κ1) is 19.2. The highest BCUT2D eigenvalue weighted by atomic mass is 32.1. The number of nitrogens with one attached hydrogen (secondary N) is 1. The summed E-state index contributed by atoms with van der Waals surface area (Å²) in [7, 11) is 0. The van der Waals surface area contributed by atoms with Crippen molar-refractivity contribution in [3.63, 3.8) is 0 Å². The maximum Gasteiger partial charge on any atom is 0.257 e. The molecule has 0 atom stereocenters. The fraction of sp³-hybridized carbons (Fsp3) is 0.316. The number of rotatable bonds is 8. The number of carbonyl (C=O) groups excluding carboxylic acids is 1. The second-order valence-electron chi connectivity index (χ2n) is 6.20. The first-order valence-electron chi connectivity index (χ1n) is 8.69. The normalized spacial score (nSPS) is 11.1. The summed E-state index contributed by atoms with van der Waals surface area (Å²) < 4.78 is 19.3. The molecule has 1 aromatic carbocycles. The lowest BCUT2D eigenvalue weighted by Gasteiger charge is -2.19. The molecule has 8 heteroatoms. The van der Waals surface area contributed by atoms with Crippen LogP contribution >= 0.6 is 11.3 Å². The molecule has 3 rings (SSSR count). The summed E-state index contributed by atoms with van der Waals surface area (Å²) in [4.78, 5) is 15.2. The molecule has 142 valence electrons. The van der Waals surface area contributed by atoms with E-state index in [9.17, 15) is 9.18 Å². The van der Waals surface area contributed by atoms with Gasteiger partial charge in [0.2, 0.25) is 11.8 Å². The van der Waals surface area contributed by atoms with Gasteiger partial charge in [0.15, 0.2) is 0 Å². The molecule has 1 N–H and O–H groups in total. The van der Waals surface area contributed by atoms with Crippen LogP contribution in [0.3, 0.4) is 0 Å². The molecule has 0 radical (unpaired) electrons. The summed E-state index contributed by atoms with van der Waals surface area (Å²) in [6, 6.07) is 8.49. The maximum absolute atomic E-state index is 13.6. The third kappa shape index (κ3) is 5.21. The molecule has 0 aliphatic carbocycles. The first-order chi connectivity index (χ1) is 13.0. The lowest BCUT2D eigenvalue weighted by atomic mass is 10.2. The van der Waals surface area contributed by atoms with E-state index in [1.165, 1.54) is 17.4 Å². The Morgan fingerprint density at radius 1 is 1.33 bits per heavy atom. The van der Waals surface area contributed by atoms with Crippen molar-refractivity contribution in [1.82, 2.24) is 15.1 Å². The van der Waals surface area contributed by atoms with Gasteiger partial charge in [0.1, 0.15) is 5.82 Å². The second kappa shape index (κ2) is 8.88. The molecular formula is C19H21FN4O2S. The molecule has 27 heavy (non-hydrogen) atoms. The minimum atomic E-state index is -0.342. The number of carbonyl (C=O) groups is 1. The van der Waals surface area contributed by atoms with Crippen LogP contribution in [0.1, 0.15) is 24.8 Å². The molecule has 2 aromatic heterocycles. The van der Waals surface area contributed by atoms with E-state index in [1.54, 1.807) is 19.1 Å². The predicted octanol–water partition coefficient (Wildman–Crippen LogP) is 4.10. The van der Waals surface area contributed by atoms with Gasteiger partial charge in [-0.25, -0.2) is 4.39 Å². The zero-order valence-electron chi connectivity index (χ0n) is 15.2. The summed E-state index contributed by atoms with van der Waals surface area (Å²) in [5.74, 6) is 0.381. The first-order valence-corrected chi connectivity index (χ1v) is 9.57. The monoisotopic (exact) mass is 388 g/mol. The van der Waals surface area contributed by atoms with Crippen LogP contribution in [0.25, 0.3) is 10.8 Å². The maximum atomic E-state index is 13.6. The highest BCUT2D eigenvalue weighted by Gasteiger charge is 2.16. The van der Waals surface area contributed by atoms with Crippen molar-refractivity contribution in [3.05, 3.63) is 53.0 Å². The Morgan fingerprint density at radius 2 is 2.19 bits per heavy atom. The van der Waals surface area contributed by atoms with Crippen LogP contribution in [0, 0.1) is 12.7 Å². The molecule has 6 nitrogen and oxygen atoms in total. The number of halogens is 1. The van der Waals surface area contributed by atoms with Crippen molar-refractivity contribution in [3.8, 4) is 10.8 Å². The summed E-state index contributed by atoms with van der Waals surface area (Å²) in [6.45, 7) is 4.94. The van der Waals surface area contributed by atoms with Crippen LogP contribution in [0.5, 0.6) is 0 Å². The molecule has 0 fully saturated rings. The molecule has 0 bridgehead atoms. The van der Waals surface area contributed by atoms with Gasteiger partial charge in [-0.3, -0.25) is 9.69 Å². The molecule has 0 saturated heterocycles. The zero-order chi connectivity index (χ0) is 19.2. The third-order valence-corrected chi connectivity index (χ3v) is 4.78. The van der Waals surface area contributed by atoms with Crippen LogP contribution in [0.4, 0.5) is 10.1 Å². The Bertz CT molecular complexity index is 895. The van der Waals surface area contributed by atoms with E-state index < -0.39 is 0 Å². The topological polar surface area (TPSA) is 71.3 Å². The van der Waals surface area contributed by atoms with Gasteiger partial charge in [0, 0.05) is 5.69 Å². The molecular weight excluding hydrogens is 367 g/mol. The van der Waals surface area contributed by atoms with Crippen LogP contribution in [-0.2, 0) is 11.3 Å². The van der Waals surface area contributed by atoms with E-state index in [4.69, 9.17) is 4.42 Å². The fourth-order valence-corrected chi connectivity index (χ4v) is 3.26. The van der Waals surface area contributed by atoms with Crippen LogP contribution in [-0.4, -0.2) is 34.1 Å². The van der Waals surface area contributed by atoms with E-state index in [0.29, 0.717) is 36.1 Å². The van der Waals surface area contributed by atoms with Crippen molar-refractivity contribution in [2.24, 2.45) is 0 Å². The van der Waals surface area contributed by atoms with Crippen LogP contribution < -0.4 is 5.32 Å². The Kier molecular flexibility index (Phi) is 6.31. The Morgan fingerprint density at radius 3 is 2.89 bits per heavy atom. The SMILES string of the molecule is CCCN(CC(=O)Nc1ccc(C)c(F)c1)Cc1nnc(-c2cccs2)o1. The molecule has 0 aliphatic heterocycles. The Labute approximate surface area is 161 Å². The van der Waals surface area contributed by atoms with Crippen LogP contribution in [0.15, 0.2) is 40.1 Å². The number of hydrogen-bond acceptors (Lipinski definition) is 6. The number of aromatic nitrogens is 2. The summed E-state index contributed by atoms with van der Waals surface area (Å²) in [5.41, 5.74) is 0.982. The van der Waals surface area contributed by atoms with Crippen LogP contribution in [0.2, 0.25) is 0 Å².